The number of aliphatic hydroxyl groups is 2. The van der Waals surface area contributed by atoms with Gasteiger partial charge in [0.1, 0.15) is 23.6 Å². The molecule has 3 aliphatic heterocycles. The summed E-state index contributed by atoms with van der Waals surface area (Å²) in [4.78, 5) is 16.8. The third-order valence-electron chi connectivity index (χ3n) is 9.34. The second kappa shape index (κ2) is 12.2. The van der Waals surface area contributed by atoms with Crippen molar-refractivity contribution in [2.24, 2.45) is 5.92 Å². The van der Waals surface area contributed by atoms with Gasteiger partial charge in [-0.3, -0.25) is 9.88 Å². The van der Waals surface area contributed by atoms with E-state index in [-0.39, 0.29) is 71.3 Å². The second-order valence-corrected chi connectivity index (χ2v) is 12.9. The third kappa shape index (κ3) is 5.96. The SMILES string of the molecule is C=C1CN2CCC[C@@]2(COc2nc(N3CCOCC(C)[C@@H]3F)c3cnc(-c4cc(N)cc5cc(F)c(F)c(OC(O)(O)F)c45)c(F)c3n2)C1. The molecule has 0 amide bonds. The van der Waals surface area contributed by atoms with Crippen LogP contribution >= 0.6 is 0 Å². The summed E-state index contributed by atoms with van der Waals surface area (Å²) in [7, 11) is 0. The van der Waals surface area contributed by atoms with Gasteiger partial charge >= 0.3 is 12.2 Å². The molecule has 5 heterocycles. The lowest BCUT2D eigenvalue weighted by molar-refractivity contribution is -0.375. The van der Waals surface area contributed by atoms with Gasteiger partial charge in [0, 0.05) is 41.8 Å². The van der Waals surface area contributed by atoms with Gasteiger partial charge in [0.15, 0.2) is 23.7 Å². The van der Waals surface area contributed by atoms with E-state index in [2.05, 4.69) is 31.2 Å². The molecule has 3 fully saturated rings. The lowest BCUT2D eigenvalue weighted by Gasteiger charge is -2.31. The van der Waals surface area contributed by atoms with Crippen LogP contribution < -0.4 is 20.1 Å². The predicted octanol–water partition coefficient (Wildman–Crippen LogP) is 4.73. The first-order chi connectivity index (χ1) is 23.2. The Morgan fingerprint density at radius 3 is 2.73 bits per heavy atom. The van der Waals surface area contributed by atoms with Gasteiger partial charge in [0.2, 0.25) is 5.82 Å². The average Bonchev–Trinajstić information content (AvgIpc) is 3.50. The zero-order valence-electron chi connectivity index (χ0n) is 26.4. The van der Waals surface area contributed by atoms with Crippen LogP contribution in [0.1, 0.15) is 26.2 Å². The molecule has 3 saturated heterocycles. The van der Waals surface area contributed by atoms with Crippen molar-refractivity contribution in [3.8, 4) is 23.0 Å². The summed E-state index contributed by atoms with van der Waals surface area (Å²) in [6.07, 6.45) is -2.32. The summed E-state index contributed by atoms with van der Waals surface area (Å²) in [5, 5.41) is 17.9. The van der Waals surface area contributed by atoms with Crippen molar-refractivity contribution in [1.29, 1.82) is 0 Å². The minimum absolute atomic E-state index is 0.00300. The van der Waals surface area contributed by atoms with Gasteiger partial charge in [-0.25, -0.2) is 13.2 Å². The maximum Gasteiger partial charge on any atom is 0.492 e. The van der Waals surface area contributed by atoms with E-state index in [1.54, 1.807) is 6.92 Å². The molecule has 1 unspecified atom stereocenters. The van der Waals surface area contributed by atoms with E-state index in [4.69, 9.17) is 15.2 Å². The molecule has 4 N–H and O–H groups in total. The fourth-order valence-corrected chi connectivity index (χ4v) is 7.19. The number of fused-ring (bicyclic) bond motifs is 3. The normalized spacial score (nSPS) is 23.3. The van der Waals surface area contributed by atoms with E-state index in [1.807, 2.05) is 0 Å². The molecule has 7 rings (SSSR count). The Balaban J connectivity index is 1.42. The fourth-order valence-electron chi connectivity index (χ4n) is 7.19. The van der Waals surface area contributed by atoms with Crippen molar-refractivity contribution in [1.82, 2.24) is 19.9 Å². The van der Waals surface area contributed by atoms with Crippen molar-refractivity contribution < 1.29 is 46.4 Å². The summed E-state index contributed by atoms with van der Waals surface area (Å²) in [5.74, 6) is -6.28. The first-order valence-electron chi connectivity index (χ1n) is 15.7. The summed E-state index contributed by atoms with van der Waals surface area (Å²) in [6, 6.07) is 2.77. The number of halogens is 5. The highest BCUT2D eigenvalue weighted by atomic mass is 19.2. The molecule has 0 aliphatic carbocycles. The van der Waals surface area contributed by atoms with E-state index >= 15 is 13.2 Å². The molecule has 3 aliphatic rings. The minimum atomic E-state index is -4.43. The van der Waals surface area contributed by atoms with E-state index in [0.717, 1.165) is 37.6 Å². The number of nitrogen functional groups attached to an aromatic ring is 1. The zero-order valence-corrected chi connectivity index (χ0v) is 26.4. The number of benzene rings is 2. The number of aromatic nitrogens is 3. The lowest BCUT2D eigenvalue weighted by Crippen LogP contribution is -2.43. The summed E-state index contributed by atoms with van der Waals surface area (Å²) < 4.78 is 92.2. The summed E-state index contributed by atoms with van der Waals surface area (Å²) in [5.41, 5.74) is 5.51. The Labute approximate surface area is 276 Å². The largest absolute Gasteiger partial charge is 0.492 e. The number of anilines is 2. The molecule has 2 aromatic heterocycles. The summed E-state index contributed by atoms with van der Waals surface area (Å²) >= 11 is 0. The maximum absolute atomic E-state index is 16.9. The van der Waals surface area contributed by atoms with E-state index in [1.165, 1.54) is 17.2 Å². The Morgan fingerprint density at radius 2 is 1.96 bits per heavy atom. The number of alkyl halides is 2. The van der Waals surface area contributed by atoms with E-state index < -0.39 is 52.7 Å². The number of ether oxygens (including phenoxy) is 3. The predicted molar refractivity (Wildman–Crippen MR) is 168 cm³/mol. The molecule has 0 bridgehead atoms. The quantitative estimate of drug-likeness (QED) is 0.0817. The molecule has 11 nitrogen and oxygen atoms in total. The van der Waals surface area contributed by atoms with Gasteiger partial charge in [0.05, 0.1) is 24.1 Å². The van der Waals surface area contributed by atoms with Crippen LogP contribution in [0.4, 0.5) is 33.5 Å². The highest BCUT2D eigenvalue weighted by molar-refractivity contribution is 6.04. The first-order valence-corrected chi connectivity index (χ1v) is 15.7. The zero-order chi connectivity index (χ0) is 34.8. The van der Waals surface area contributed by atoms with Crippen molar-refractivity contribution in [3.05, 3.63) is 54.0 Å². The van der Waals surface area contributed by atoms with Gasteiger partial charge in [-0.1, -0.05) is 19.1 Å². The molecule has 260 valence electrons. The van der Waals surface area contributed by atoms with E-state index in [0.29, 0.717) is 12.5 Å². The van der Waals surface area contributed by atoms with Crippen LogP contribution in [0.3, 0.4) is 0 Å². The molecule has 49 heavy (non-hydrogen) atoms. The van der Waals surface area contributed by atoms with Crippen LogP contribution in [-0.2, 0) is 4.74 Å². The first kappa shape index (κ1) is 33.1. The number of rotatable bonds is 7. The molecule has 2 aromatic carbocycles. The van der Waals surface area contributed by atoms with Crippen LogP contribution in [0.25, 0.3) is 32.9 Å². The van der Waals surface area contributed by atoms with Crippen LogP contribution in [-0.4, -0.2) is 87.6 Å². The van der Waals surface area contributed by atoms with Crippen LogP contribution in [0.2, 0.25) is 0 Å². The molecule has 3 atom stereocenters. The molecular formula is C33H33F5N6O5. The van der Waals surface area contributed by atoms with Gasteiger partial charge in [-0.15, -0.1) is 4.39 Å². The molecular weight excluding hydrogens is 655 g/mol. The number of hydrogen-bond acceptors (Lipinski definition) is 11. The van der Waals surface area contributed by atoms with Crippen molar-refractivity contribution in [2.75, 3.05) is 50.1 Å². The Kier molecular flexibility index (Phi) is 8.24. The van der Waals surface area contributed by atoms with Crippen molar-refractivity contribution >= 4 is 33.2 Å². The lowest BCUT2D eigenvalue weighted by atomic mass is 9.94. The molecule has 0 spiro atoms. The molecule has 16 heteroatoms. The van der Waals surface area contributed by atoms with Gasteiger partial charge in [-0.05, 0) is 49.4 Å². The van der Waals surface area contributed by atoms with Crippen LogP contribution in [0.15, 0.2) is 36.5 Å². The Bertz CT molecular complexity index is 1980. The number of nitrogens with zero attached hydrogens (tertiary/aromatic N) is 5. The Morgan fingerprint density at radius 1 is 1.16 bits per heavy atom. The van der Waals surface area contributed by atoms with E-state index in [9.17, 15) is 19.0 Å². The van der Waals surface area contributed by atoms with Gasteiger partial charge < -0.3 is 35.1 Å². The topological polar surface area (TPSA) is 139 Å². The summed E-state index contributed by atoms with van der Waals surface area (Å²) in [6.45, 7) is 7.93. The minimum Gasteiger partial charge on any atom is -0.461 e. The van der Waals surface area contributed by atoms with Crippen LogP contribution in [0.5, 0.6) is 11.8 Å². The molecule has 0 radical (unpaired) electrons. The third-order valence-corrected chi connectivity index (χ3v) is 9.34. The maximum atomic E-state index is 16.9. The Hall–Kier alpha value is -4.38. The van der Waals surface area contributed by atoms with Gasteiger partial charge in [-0.2, -0.15) is 14.4 Å². The van der Waals surface area contributed by atoms with Crippen LogP contribution in [0, 0.1) is 23.4 Å². The van der Waals surface area contributed by atoms with Gasteiger partial charge in [0.25, 0.3) is 0 Å². The molecule has 4 aromatic rings. The highest BCUT2D eigenvalue weighted by Gasteiger charge is 2.46. The smallest absolute Gasteiger partial charge is 0.461 e. The average molecular weight is 689 g/mol. The highest BCUT2D eigenvalue weighted by Crippen LogP contribution is 2.44. The van der Waals surface area contributed by atoms with Crippen molar-refractivity contribution in [2.45, 2.75) is 44.2 Å². The fraction of sp³-hybridized carbons (Fsp3) is 0.424. The van der Waals surface area contributed by atoms with Crippen molar-refractivity contribution in [3.63, 3.8) is 0 Å². The number of nitrogens with two attached hydrogens (primary N) is 1. The second-order valence-electron chi connectivity index (χ2n) is 12.9. The monoisotopic (exact) mass is 688 g/mol. The standard InChI is InChI=1S/C33H33F5N6O5/c1-16-11-32(4-3-5-43(32)13-16)15-48-31-41-27-21(30(42-31)44-6-7-47-14-17(2)29(44)37)12-40-26(25(27)36)20-10-19(39)8-18-9-22(34)24(35)28(23(18)20)49-33(38,45)46/h8-10,12,17,29,45-46H,1,3-7,11,13-15,39H2,2H3/t17?,29-,32+/m1/s1. The number of hydrogen-bond donors (Lipinski definition) is 3. The molecule has 0 saturated carbocycles. The number of pyridine rings is 1.